The second kappa shape index (κ2) is 8.73. The lowest BCUT2D eigenvalue weighted by Gasteiger charge is -2.21. The van der Waals surface area contributed by atoms with Crippen LogP contribution in [-0.2, 0) is 12.8 Å². The van der Waals surface area contributed by atoms with Crippen LogP contribution >= 0.6 is 27.7 Å². The molecular weight excluding hydrogens is 408 g/mol. The zero-order valence-corrected chi connectivity index (χ0v) is 17.7. The molecule has 26 heavy (non-hydrogen) atoms. The molecule has 0 bridgehead atoms. The third-order valence-corrected chi connectivity index (χ3v) is 5.99. The summed E-state index contributed by atoms with van der Waals surface area (Å²) in [5.41, 5.74) is 3.60. The first-order valence-corrected chi connectivity index (χ1v) is 10.5. The van der Waals surface area contributed by atoms with E-state index in [4.69, 9.17) is 0 Å². The molecule has 0 N–H and O–H groups in total. The zero-order chi connectivity index (χ0) is 18.5. The van der Waals surface area contributed by atoms with E-state index in [9.17, 15) is 0 Å². The van der Waals surface area contributed by atoms with Crippen molar-refractivity contribution in [2.24, 2.45) is 7.05 Å². The fraction of sp³-hybridized carbons (Fsp3) is 0.300. The van der Waals surface area contributed by atoms with E-state index >= 15 is 0 Å². The number of halogens is 1. The maximum absolute atomic E-state index is 4.40. The Morgan fingerprint density at radius 1 is 0.962 bits per heavy atom. The average Bonchev–Trinajstić information content (AvgIpc) is 3.03. The molecule has 3 rings (SSSR count). The summed E-state index contributed by atoms with van der Waals surface area (Å²) >= 11 is 5.17. The van der Waals surface area contributed by atoms with E-state index in [2.05, 4.69) is 98.0 Å². The van der Waals surface area contributed by atoms with Gasteiger partial charge in [0.1, 0.15) is 0 Å². The van der Waals surface area contributed by atoms with E-state index in [0.29, 0.717) is 0 Å². The van der Waals surface area contributed by atoms with Crippen LogP contribution in [0.4, 0.5) is 5.69 Å². The van der Waals surface area contributed by atoms with Crippen LogP contribution < -0.4 is 4.90 Å². The largest absolute Gasteiger partial charge is 0.372 e. The van der Waals surface area contributed by atoms with E-state index in [0.717, 1.165) is 39.9 Å². The Morgan fingerprint density at radius 2 is 1.62 bits per heavy atom. The summed E-state index contributed by atoms with van der Waals surface area (Å²) in [5.74, 6) is 1.77. The molecule has 0 saturated carbocycles. The van der Waals surface area contributed by atoms with Crippen LogP contribution in [0.25, 0.3) is 11.4 Å². The van der Waals surface area contributed by atoms with Gasteiger partial charge in [0, 0.05) is 41.6 Å². The number of rotatable bonds is 7. The predicted octanol–water partition coefficient (Wildman–Crippen LogP) is 5.38. The van der Waals surface area contributed by atoms with E-state index in [-0.39, 0.29) is 0 Å². The molecule has 136 valence electrons. The third kappa shape index (κ3) is 4.30. The molecule has 0 aliphatic rings. The minimum absolute atomic E-state index is 0.875. The van der Waals surface area contributed by atoms with Gasteiger partial charge in [-0.3, -0.25) is 0 Å². The maximum Gasteiger partial charge on any atom is 0.191 e. The summed E-state index contributed by atoms with van der Waals surface area (Å²) in [6, 6.07) is 16.9. The molecule has 3 aromatic rings. The van der Waals surface area contributed by atoms with Crippen LogP contribution in [0.1, 0.15) is 19.4 Å². The first-order chi connectivity index (χ1) is 12.6. The summed E-state index contributed by atoms with van der Waals surface area (Å²) in [4.78, 5) is 2.33. The quantitative estimate of drug-likeness (QED) is 0.470. The Bertz CT molecular complexity index is 839. The lowest BCUT2D eigenvalue weighted by atomic mass is 10.2. The molecule has 0 spiro atoms. The van der Waals surface area contributed by atoms with Crippen LogP contribution in [0, 0.1) is 0 Å². The summed E-state index contributed by atoms with van der Waals surface area (Å²) < 4.78 is 3.16. The molecule has 4 nitrogen and oxygen atoms in total. The molecule has 0 fully saturated rings. The van der Waals surface area contributed by atoms with Crippen molar-refractivity contribution < 1.29 is 0 Å². The summed E-state index contributed by atoms with van der Waals surface area (Å²) in [6.07, 6.45) is 0. The topological polar surface area (TPSA) is 34.0 Å². The number of aromatic nitrogens is 3. The molecule has 0 aliphatic heterocycles. The second-order valence-electron chi connectivity index (χ2n) is 6.00. The number of thioether (sulfide) groups is 1. The van der Waals surface area contributed by atoms with Crippen LogP contribution in [0.3, 0.4) is 0 Å². The van der Waals surface area contributed by atoms with E-state index in [1.54, 1.807) is 11.8 Å². The van der Waals surface area contributed by atoms with Crippen molar-refractivity contribution in [2.45, 2.75) is 24.8 Å². The predicted molar refractivity (Wildman–Crippen MR) is 114 cm³/mol. The number of benzene rings is 2. The molecule has 0 radical (unpaired) electrons. The number of nitrogens with zero attached hydrogens (tertiary/aromatic N) is 4. The molecule has 0 amide bonds. The number of hydrogen-bond acceptors (Lipinski definition) is 4. The number of hydrogen-bond donors (Lipinski definition) is 0. The van der Waals surface area contributed by atoms with E-state index in [1.165, 1.54) is 11.3 Å². The van der Waals surface area contributed by atoms with Gasteiger partial charge in [-0.05, 0) is 55.8 Å². The van der Waals surface area contributed by atoms with Gasteiger partial charge in [-0.1, -0.05) is 39.8 Å². The Hall–Kier alpha value is -1.79. The van der Waals surface area contributed by atoms with Gasteiger partial charge in [-0.25, -0.2) is 0 Å². The Balaban J connectivity index is 1.73. The molecule has 6 heteroatoms. The van der Waals surface area contributed by atoms with Crippen LogP contribution in [-0.4, -0.2) is 27.9 Å². The highest BCUT2D eigenvalue weighted by molar-refractivity contribution is 9.10. The van der Waals surface area contributed by atoms with Crippen molar-refractivity contribution in [2.75, 3.05) is 18.0 Å². The molecule has 0 atom stereocenters. The molecule has 1 heterocycles. The molecule has 0 unspecified atom stereocenters. The van der Waals surface area contributed by atoms with E-state index < -0.39 is 0 Å². The smallest absolute Gasteiger partial charge is 0.191 e. The van der Waals surface area contributed by atoms with Gasteiger partial charge >= 0.3 is 0 Å². The van der Waals surface area contributed by atoms with Gasteiger partial charge < -0.3 is 9.47 Å². The number of anilines is 1. The lowest BCUT2D eigenvalue weighted by Crippen LogP contribution is -2.21. The first kappa shape index (κ1) is 19.0. The van der Waals surface area contributed by atoms with Gasteiger partial charge in [-0.15, -0.1) is 10.2 Å². The SMILES string of the molecule is CCN(CC)c1ccc(-c2nnc(SCc3ccc(Br)cc3)n2C)cc1. The molecule has 1 aromatic heterocycles. The lowest BCUT2D eigenvalue weighted by molar-refractivity contribution is 0.793. The fourth-order valence-electron chi connectivity index (χ4n) is 2.83. The Labute approximate surface area is 167 Å². The van der Waals surface area contributed by atoms with Crippen LogP contribution in [0.5, 0.6) is 0 Å². The normalized spacial score (nSPS) is 10.9. The molecule has 2 aromatic carbocycles. The van der Waals surface area contributed by atoms with Crippen molar-refractivity contribution >= 4 is 33.4 Å². The van der Waals surface area contributed by atoms with Crippen LogP contribution in [0.2, 0.25) is 0 Å². The third-order valence-electron chi connectivity index (χ3n) is 4.37. The Morgan fingerprint density at radius 3 is 2.23 bits per heavy atom. The summed E-state index contributed by atoms with van der Waals surface area (Å²) in [7, 11) is 2.03. The van der Waals surface area contributed by atoms with Crippen molar-refractivity contribution in [3.05, 3.63) is 58.6 Å². The van der Waals surface area contributed by atoms with Crippen LogP contribution in [0.15, 0.2) is 58.2 Å². The van der Waals surface area contributed by atoms with Crippen molar-refractivity contribution in [1.29, 1.82) is 0 Å². The fourth-order valence-corrected chi connectivity index (χ4v) is 3.96. The molecule has 0 saturated heterocycles. The first-order valence-electron chi connectivity index (χ1n) is 8.74. The highest BCUT2D eigenvalue weighted by Gasteiger charge is 2.12. The Kier molecular flexibility index (Phi) is 6.38. The maximum atomic E-state index is 4.40. The summed E-state index contributed by atoms with van der Waals surface area (Å²) in [5, 5.41) is 9.70. The van der Waals surface area contributed by atoms with E-state index in [1.807, 2.05) is 7.05 Å². The van der Waals surface area contributed by atoms with Crippen molar-refractivity contribution in [1.82, 2.24) is 14.8 Å². The second-order valence-corrected chi connectivity index (χ2v) is 7.86. The highest BCUT2D eigenvalue weighted by Crippen LogP contribution is 2.27. The van der Waals surface area contributed by atoms with Gasteiger partial charge in [-0.2, -0.15) is 0 Å². The highest BCUT2D eigenvalue weighted by atomic mass is 79.9. The standard InChI is InChI=1S/C20H23BrN4S/c1-4-25(5-2)18-12-8-16(9-13-18)19-22-23-20(24(19)3)26-14-15-6-10-17(21)11-7-15/h6-13H,4-5,14H2,1-3H3. The average molecular weight is 431 g/mol. The summed E-state index contributed by atoms with van der Waals surface area (Å²) in [6.45, 7) is 6.37. The van der Waals surface area contributed by atoms with Gasteiger partial charge in [0.05, 0.1) is 0 Å². The minimum atomic E-state index is 0.875. The van der Waals surface area contributed by atoms with Gasteiger partial charge in [0.2, 0.25) is 0 Å². The molecular formula is C20H23BrN4S. The van der Waals surface area contributed by atoms with Gasteiger partial charge in [0.25, 0.3) is 0 Å². The van der Waals surface area contributed by atoms with Crippen molar-refractivity contribution in [3.63, 3.8) is 0 Å². The monoisotopic (exact) mass is 430 g/mol. The van der Waals surface area contributed by atoms with Crippen molar-refractivity contribution in [3.8, 4) is 11.4 Å². The zero-order valence-electron chi connectivity index (χ0n) is 15.3. The van der Waals surface area contributed by atoms with Gasteiger partial charge in [0.15, 0.2) is 11.0 Å². The minimum Gasteiger partial charge on any atom is -0.372 e. The molecule has 0 aliphatic carbocycles.